The Kier molecular flexibility index (Phi) is 75.6. The molecular formula is C87H170O17P2. The molecule has 0 rings (SSSR count). The van der Waals surface area contributed by atoms with E-state index in [9.17, 15) is 43.2 Å². The van der Waals surface area contributed by atoms with Gasteiger partial charge in [0, 0.05) is 25.7 Å². The number of aliphatic hydroxyl groups excluding tert-OH is 1. The van der Waals surface area contributed by atoms with Crippen molar-refractivity contribution in [1.82, 2.24) is 0 Å². The van der Waals surface area contributed by atoms with Crippen molar-refractivity contribution < 1.29 is 80.2 Å². The van der Waals surface area contributed by atoms with Crippen molar-refractivity contribution in [3.63, 3.8) is 0 Å². The van der Waals surface area contributed by atoms with E-state index in [4.69, 9.17) is 37.0 Å². The van der Waals surface area contributed by atoms with E-state index >= 15 is 0 Å². The van der Waals surface area contributed by atoms with Crippen LogP contribution in [0.15, 0.2) is 0 Å². The van der Waals surface area contributed by atoms with Gasteiger partial charge < -0.3 is 33.8 Å². The van der Waals surface area contributed by atoms with Gasteiger partial charge in [-0.3, -0.25) is 37.3 Å². The molecule has 0 aromatic carbocycles. The van der Waals surface area contributed by atoms with Crippen LogP contribution in [0.1, 0.15) is 459 Å². The Hall–Kier alpha value is -1.94. The summed E-state index contributed by atoms with van der Waals surface area (Å²) >= 11 is 0. The fourth-order valence-corrected chi connectivity index (χ4v) is 15.1. The minimum absolute atomic E-state index is 0.107. The molecule has 19 heteroatoms. The number of carbonyl (C=O) groups excluding carboxylic acids is 4. The monoisotopic (exact) mass is 1550 g/mol. The summed E-state index contributed by atoms with van der Waals surface area (Å²) in [6.45, 7) is 12.0. The molecule has 0 aliphatic carbocycles. The maximum atomic E-state index is 13.2. The van der Waals surface area contributed by atoms with E-state index in [1.807, 2.05) is 0 Å². The first-order chi connectivity index (χ1) is 51.3. The molecule has 6 atom stereocenters. The molecule has 0 radical (unpaired) electrons. The van der Waals surface area contributed by atoms with Gasteiger partial charge in [0.2, 0.25) is 0 Å². The predicted octanol–water partition coefficient (Wildman–Crippen LogP) is 26.5. The first kappa shape index (κ1) is 104. The summed E-state index contributed by atoms with van der Waals surface area (Å²) in [7, 11) is -9.93. The third-order valence-electron chi connectivity index (χ3n) is 20.7. The van der Waals surface area contributed by atoms with Gasteiger partial charge in [-0.1, -0.05) is 408 Å². The minimum atomic E-state index is -4.97. The van der Waals surface area contributed by atoms with Crippen molar-refractivity contribution in [3.8, 4) is 0 Å². The summed E-state index contributed by atoms with van der Waals surface area (Å²) in [4.78, 5) is 73.3. The smallest absolute Gasteiger partial charge is 0.462 e. The highest BCUT2D eigenvalue weighted by Crippen LogP contribution is 2.45. The van der Waals surface area contributed by atoms with Gasteiger partial charge in [0.25, 0.3) is 0 Å². The first-order valence-electron chi connectivity index (χ1n) is 44.9. The van der Waals surface area contributed by atoms with Crippen molar-refractivity contribution in [1.29, 1.82) is 0 Å². The average molecular weight is 1550 g/mol. The Morgan fingerprint density at radius 1 is 0.274 bits per heavy atom. The number of phosphoric acid groups is 2. The number of phosphoric ester groups is 2. The van der Waals surface area contributed by atoms with E-state index in [2.05, 4.69) is 48.5 Å². The zero-order valence-electron chi connectivity index (χ0n) is 69.9. The molecule has 630 valence electrons. The molecule has 0 saturated carbocycles. The van der Waals surface area contributed by atoms with Crippen LogP contribution in [-0.2, 0) is 65.4 Å². The molecule has 0 aliphatic heterocycles. The molecule has 3 unspecified atom stereocenters. The Balaban J connectivity index is 5.26. The second-order valence-electron chi connectivity index (χ2n) is 32.5. The molecule has 0 heterocycles. The third kappa shape index (κ3) is 78.7. The van der Waals surface area contributed by atoms with Crippen LogP contribution in [0.25, 0.3) is 0 Å². The molecule has 106 heavy (non-hydrogen) atoms. The maximum absolute atomic E-state index is 13.2. The maximum Gasteiger partial charge on any atom is 0.472 e. The summed E-state index contributed by atoms with van der Waals surface area (Å²) in [5, 5.41) is 10.7. The van der Waals surface area contributed by atoms with Gasteiger partial charge in [-0.15, -0.1) is 0 Å². The van der Waals surface area contributed by atoms with Gasteiger partial charge in [0.1, 0.15) is 19.3 Å². The summed E-state index contributed by atoms with van der Waals surface area (Å²) in [6.07, 6.45) is 67.9. The van der Waals surface area contributed by atoms with E-state index in [0.29, 0.717) is 25.7 Å². The quantitative estimate of drug-likeness (QED) is 0.0222. The lowest BCUT2D eigenvalue weighted by atomic mass is 9.99. The van der Waals surface area contributed by atoms with Gasteiger partial charge >= 0.3 is 39.5 Å². The summed E-state index contributed by atoms with van der Waals surface area (Å²) in [6, 6.07) is 0. The Bertz CT molecular complexity index is 2050. The highest BCUT2D eigenvalue weighted by atomic mass is 31.2. The number of hydrogen-bond acceptors (Lipinski definition) is 15. The lowest BCUT2D eigenvalue weighted by Crippen LogP contribution is -2.30. The van der Waals surface area contributed by atoms with Crippen LogP contribution in [0.5, 0.6) is 0 Å². The average Bonchev–Trinajstić information content (AvgIpc) is 0.924. The number of unbranched alkanes of at least 4 members (excludes halogenated alkanes) is 52. The number of rotatable bonds is 85. The third-order valence-corrected chi connectivity index (χ3v) is 22.6. The van der Waals surface area contributed by atoms with Gasteiger partial charge in [0.05, 0.1) is 26.4 Å². The summed E-state index contributed by atoms with van der Waals surface area (Å²) < 4.78 is 69.0. The van der Waals surface area contributed by atoms with Crippen molar-refractivity contribution >= 4 is 39.5 Å². The fraction of sp³-hybridized carbons (Fsp3) is 0.954. The highest BCUT2D eigenvalue weighted by molar-refractivity contribution is 7.47. The summed E-state index contributed by atoms with van der Waals surface area (Å²) in [5.41, 5.74) is 0. The number of esters is 4. The van der Waals surface area contributed by atoms with Gasteiger partial charge in [-0.25, -0.2) is 9.13 Å². The molecule has 0 fully saturated rings. The molecule has 17 nitrogen and oxygen atoms in total. The van der Waals surface area contributed by atoms with E-state index < -0.39 is 97.5 Å². The lowest BCUT2D eigenvalue weighted by molar-refractivity contribution is -0.161. The van der Waals surface area contributed by atoms with Crippen LogP contribution in [0, 0.1) is 17.8 Å². The number of aliphatic hydroxyl groups is 1. The van der Waals surface area contributed by atoms with E-state index in [0.717, 1.165) is 108 Å². The van der Waals surface area contributed by atoms with Crippen LogP contribution in [0.2, 0.25) is 0 Å². The second-order valence-corrected chi connectivity index (χ2v) is 35.4. The molecule has 0 aliphatic rings. The summed E-state index contributed by atoms with van der Waals surface area (Å²) in [5.74, 6) is 0.279. The van der Waals surface area contributed by atoms with Crippen LogP contribution < -0.4 is 0 Å². The zero-order chi connectivity index (χ0) is 77.9. The highest BCUT2D eigenvalue weighted by Gasteiger charge is 2.31. The minimum Gasteiger partial charge on any atom is -0.462 e. The Labute approximate surface area is 651 Å². The van der Waals surface area contributed by atoms with Crippen molar-refractivity contribution in [2.45, 2.75) is 478 Å². The molecule has 0 spiro atoms. The van der Waals surface area contributed by atoms with E-state index in [-0.39, 0.29) is 25.7 Å². The lowest BCUT2D eigenvalue weighted by Gasteiger charge is -2.21. The van der Waals surface area contributed by atoms with Gasteiger partial charge in [-0.05, 0) is 43.4 Å². The molecule has 3 N–H and O–H groups in total. The number of carbonyl (C=O) groups is 4. The molecular weight excluding hydrogens is 1380 g/mol. The molecule has 0 amide bonds. The molecule has 0 aromatic rings. The van der Waals surface area contributed by atoms with E-state index in [1.165, 1.54) is 270 Å². The Morgan fingerprint density at radius 3 is 0.717 bits per heavy atom. The first-order valence-corrected chi connectivity index (χ1v) is 47.9. The normalized spacial score (nSPS) is 14.1. The Morgan fingerprint density at radius 2 is 0.481 bits per heavy atom. The van der Waals surface area contributed by atoms with Gasteiger partial charge in [-0.2, -0.15) is 0 Å². The molecule has 0 aromatic heterocycles. The number of hydrogen-bond donors (Lipinski definition) is 3. The van der Waals surface area contributed by atoms with Crippen molar-refractivity contribution in [2.75, 3.05) is 39.6 Å². The predicted molar refractivity (Wildman–Crippen MR) is 437 cm³/mol. The van der Waals surface area contributed by atoms with Gasteiger partial charge in [0.15, 0.2) is 12.2 Å². The molecule has 0 saturated heterocycles. The largest absolute Gasteiger partial charge is 0.472 e. The van der Waals surface area contributed by atoms with Crippen LogP contribution in [0.3, 0.4) is 0 Å². The standard InChI is InChI=1S/C87H170O17P2/c1-8-10-11-12-13-14-15-16-17-18-19-23-29-34-39-47-54-61-68-84(89)97-74-82(103-86(91)70-63-56-49-40-35-30-24-21-20-22-27-32-37-44-51-58-65-78(3)4)76-101-105(93,94)99-72-81(88)73-100-106(95,96)102-77-83(75-98-85(90)69-62-55-48-43-42-46-53-60-67-80(7)9-2)104-87(92)71-64-57-50-41-36-31-26-25-28-33-38-45-52-59-66-79(5)6/h78-83,88H,8-77H2,1-7H3,(H,93,94)(H,95,96)/t80?,81-,82-,83-/m1/s1. The van der Waals surface area contributed by atoms with E-state index in [1.54, 1.807) is 0 Å². The molecule has 0 bridgehead atoms. The second kappa shape index (κ2) is 77.0. The SMILES string of the molecule is CCCCCCCCCCCCCCCCCCCCC(=O)OC[C@H](COP(=O)(O)OC[C@@H](O)COP(=O)(O)OC[C@@H](COC(=O)CCCCCCCCCCC(C)CC)OC(=O)CCCCCCCCCCCCCCCCC(C)C)OC(=O)CCCCCCCCCCCCCCCCCCC(C)C. The van der Waals surface area contributed by atoms with Crippen LogP contribution >= 0.6 is 15.6 Å². The fourth-order valence-electron chi connectivity index (χ4n) is 13.5. The van der Waals surface area contributed by atoms with Crippen LogP contribution in [0.4, 0.5) is 0 Å². The topological polar surface area (TPSA) is 237 Å². The van der Waals surface area contributed by atoms with Crippen molar-refractivity contribution in [3.05, 3.63) is 0 Å². The zero-order valence-corrected chi connectivity index (χ0v) is 71.7. The number of ether oxygens (including phenoxy) is 4. The van der Waals surface area contributed by atoms with Crippen molar-refractivity contribution in [2.24, 2.45) is 17.8 Å². The van der Waals surface area contributed by atoms with Crippen LogP contribution in [-0.4, -0.2) is 96.7 Å².